The first-order chi connectivity index (χ1) is 13.7. The molecule has 1 N–H and O–H groups in total. The lowest BCUT2D eigenvalue weighted by Gasteiger charge is -2.07. The molecule has 0 bridgehead atoms. The van der Waals surface area contributed by atoms with E-state index in [4.69, 9.17) is 4.74 Å². The van der Waals surface area contributed by atoms with Crippen LogP contribution in [0.4, 0.5) is 0 Å². The Morgan fingerprint density at radius 2 is 1.43 bits per heavy atom. The number of ether oxygens (including phenoxy) is 1. The van der Waals surface area contributed by atoms with Crippen LogP contribution in [0, 0.1) is 0 Å². The topological polar surface area (TPSA) is 50.7 Å². The van der Waals surface area contributed by atoms with E-state index in [0.717, 1.165) is 37.3 Å². The van der Waals surface area contributed by atoms with E-state index < -0.39 is 0 Å². The molecule has 1 aromatic rings. The highest BCUT2D eigenvalue weighted by atomic mass is 16.5. The van der Waals surface area contributed by atoms with Gasteiger partial charge in [0.15, 0.2) is 0 Å². The minimum atomic E-state index is -0.176. The molecule has 0 aromatic heterocycles. The smallest absolute Gasteiger partial charge is 0.271 e. The molecule has 0 aliphatic heterocycles. The van der Waals surface area contributed by atoms with Gasteiger partial charge in [0.05, 0.1) is 6.61 Å². The molecule has 0 heterocycles. The van der Waals surface area contributed by atoms with Crippen LogP contribution in [0.2, 0.25) is 0 Å². The van der Waals surface area contributed by atoms with E-state index in [-0.39, 0.29) is 5.91 Å². The zero-order valence-corrected chi connectivity index (χ0v) is 18.3. The van der Waals surface area contributed by atoms with Gasteiger partial charge in [-0.15, -0.1) is 0 Å². The van der Waals surface area contributed by atoms with Crippen LogP contribution in [-0.4, -0.2) is 18.2 Å². The molecule has 0 spiro atoms. The summed E-state index contributed by atoms with van der Waals surface area (Å²) in [5.74, 6) is 0.642. The van der Waals surface area contributed by atoms with Gasteiger partial charge in [-0.2, -0.15) is 5.10 Å². The lowest BCUT2D eigenvalue weighted by Crippen LogP contribution is -2.19. The maximum absolute atomic E-state index is 12.2. The molecule has 0 unspecified atom stereocenters. The van der Waals surface area contributed by atoms with Gasteiger partial charge in [-0.3, -0.25) is 4.79 Å². The molecule has 4 heteroatoms. The van der Waals surface area contributed by atoms with Crippen molar-refractivity contribution in [2.75, 3.05) is 6.61 Å². The van der Waals surface area contributed by atoms with Crippen LogP contribution in [0.25, 0.3) is 0 Å². The van der Waals surface area contributed by atoms with Crippen molar-refractivity contribution in [2.45, 2.75) is 97.8 Å². The Morgan fingerprint density at radius 3 is 2.07 bits per heavy atom. The number of carbonyl (C=O) groups excluding carboxylic acids is 1. The summed E-state index contributed by atoms with van der Waals surface area (Å²) in [6, 6.07) is 7.30. The van der Waals surface area contributed by atoms with E-state index in [1.54, 1.807) is 12.1 Å². The van der Waals surface area contributed by atoms with Gasteiger partial charge in [0.2, 0.25) is 0 Å². The fraction of sp³-hybridized carbons (Fsp3) is 0.667. The molecule has 1 rings (SSSR count). The maximum Gasteiger partial charge on any atom is 0.271 e. The molecule has 0 saturated carbocycles. The first-order valence-electron chi connectivity index (χ1n) is 11.2. The third kappa shape index (κ3) is 11.8. The molecule has 158 valence electrons. The van der Waals surface area contributed by atoms with Gasteiger partial charge in [-0.25, -0.2) is 5.43 Å². The van der Waals surface area contributed by atoms with E-state index in [2.05, 4.69) is 24.4 Å². The Hall–Kier alpha value is -1.84. The molecule has 1 aromatic carbocycles. The van der Waals surface area contributed by atoms with Crippen molar-refractivity contribution in [3.63, 3.8) is 0 Å². The molecule has 0 aliphatic carbocycles. The van der Waals surface area contributed by atoms with Gasteiger partial charge in [0.1, 0.15) is 5.75 Å². The quantitative estimate of drug-likeness (QED) is 0.190. The minimum Gasteiger partial charge on any atom is -0.494 e. The molecular formula is C24H40N2O2. The second kappa shape index (κ2) is 16.1. The summed E-state index contributed by atoms with van der Waals surface area (Å²) in [5, 5.41) is 4.18. The monoisotopic (exact) mass is 388 g/mol. The van der Waals surface area contributed by atoms with Gasteiger partial charge >= 0.3 is 0 Å². The summed E-state index contributed by atoms with van der Waals surface area (Å²) in [6.07, 6.45) is 14.8. The molecule has 4 nitrogen and oxygen atoms in total. The van der Waals surface area contributed by atoms with Crippen molar-refractivity contribution in [2.24, 2.45) is 5.10 Å². The van der Waals surface area contributed by atoms with Gasteiger partial charge in [0, 0.05) is 11.3 Å². The summed E-state index contributed by atoms with van der Waals surface area (Å²) in [7, 11) is 0. The summed E-state index contributed by atoms with van der Waals surface area (Å²) >= 11 is 0. The highest BCUT2D eigenvalue weighted by Crippen LogP contribution is 2.14. The van der Waals surface area contributed by atoms with Crippen LogP contribution in [0.1, 0.15) is 108 Å². The number of nitrogens with one attached hydrogen (secondary N) is 1. The van der Waals surface area contributed by atoms with E-state index >= 15 is 0 Å². The maximum atomic E-state index is 12.2. The first kappa shape index (κ1) is 24.2. The van der Waals surface area contributed by atoms with Gasteiger partial charge in [-0.05, 0) is 50.5 Å². The number of unbranched alkanes of at least 4 members (excludes halogenated alkanes) is 9. The van der Waals surface area contributed by atoms with Crippen LogP contribution in [0.3, 0.4) is 0 Å². The van der Waals surface area contributed by atoms with Crippen molar-refractivity contribution < 1.29 is 9.53 Å². The second-order valence-corrected chi connectivity index (χ2v) is 7.59. The Labute approximate surface area is 172 Å². The lowest BCUT2D eigenvalue weighted by atomic mass is 10.1. The highest BCUT2D eigenvalue weighted by Gasteiger charge is 2.05. The average Bonchev–Trinajstić information content (AvgIpc) is 2.71. The number of carbonyl (C=O) groups is 1. The van der Waals surface area contributed by atoms with Crippen molar-refractivity contribution in [1.29, 1.82) is 0 Å². The van der Waals surface area contributed by atoms with Crippen molar-refractivity contribution >= 4 is 11.6 Å². The van der Waals surface area contributed by atoms with Crippen LogP contribution in [0.5, 0.6) is 5.75 Å². The molecule has 0 atom stereocenters. The van der Waals surface area contributed by atoms with Crippen LogP contribution in [-0.2, 0) is 0 Å². The number of nitrogens with zero attached hydrogens (tertiary/aromatic N) is 1. The highest BCUT2D eigenvalue weighted by molar-refractivity contribution is 5.95. The number of hydrogen-bond donors (Lipinski definition) is 1. The van der Waals surface area contributed by atoms with E-state index in [1.807, 2.05) is 19.1 Å². The largest absolute Gasteiger partial charge is 0.494 e. The molecular weight excluding hydrogens is 348 g/mol. The minimum absolute atomic E-state index is 0.176. The van der Waals surface area contributed by atoms with Gasteiger partial charge in [-0.1, -0.05) is 71.6 Å². The number of hydrogen-bond acceptors (Lipinski definition) is 3. The molecule has 1 amide bonds. The zero-order valence-electron chi connectivity index (χ0n) is 18.3. The average molecular weight is 389 g/mol. The van der Waals surface area contributed by atoms with Gasteiger partial charge < -0.3 is 4.74 Å². The summed E-state index contributed by atoms with van der Waals surface area (Å²) in [6.45, 7) is 7.12. The van der Waals surface area contributed by atoms with Crippen LogP contribution >= 0.6 is 0 Å². The molecule has 28 heavy (non-hydrogen) atoms. The van der Waals surface area contributed by atoms with Crippen LogP contribution in [0.15, 0.2) is 29.4 Å². The van der Waals surface area contributed by atoms with Crippen LogP contribution < -0.4 is 10.2 Å². The zero-order chi connectivity index (χ0) is 20.5. The predicted octanol–water partition coefficient (Wildman–Crippen LogP) is 6.89. The van der Waals surface area contributed by atoms with E-state index in [0.29, 0.717) is 5.56 Å². The molecule has 0 radical (unpaired) electrons. The Bertz CT molecular complexity index is 552. The van der Waals surface area contributed by atoms with E-state index in [1.165, 1.54) is 57.8 Å². The van der Waals surface area contributed by atoms with E-state index in [9.17, 15) is 4.79 Å². The number of rotatable bonds is 16. The molecule has 0 saturated heterocycles. The fourth-order valence-corrected chi connectivity index (χ4v) is 3.03. The van der Waals surface area contributed by atoms with Gasteiger partial charge in [0.25, 0.3) is 5.91 Å². The standard InChI is InChI=1S/C24H40N2O2/c1-4-6-8-9-10-11-12-14-20-28-23-18-16-22(17-19-23)24(27)26-25-21(3)15-13-7-5-2/h16-19H,4-15,20H2,1-3H3,(H,26,27)/b25-21+. The summed E-state index contributed by atoms with van der Waals surface area (Å²) < 4.78 is 5.78. The van der Waals surface area contributed by atoms with Crippen molar-refractivity contribution in [3.05, 3.63) is 29.8 Å². The number of amides is 1. The Morgan fingerprint density at radius 1 is 0.857 bits per heavy atom. The lowest BCUT2D eigenvalue weighted by molar-refractivity contribution is 0.0954. The number of benzene rings is 1. The second-order valence-electron chi connectivity index (χ2n) is 7.59. The third-order valence-corrected chi connectivity index (χ3v) is 4.87. The van der Waals surface area contributed by atoms with Crippen molar-refractivity contribution in [1.82, 2.24) is 5.43 Å². The summed E-state index contributed by atoms with van der Waals surface area (Å²) in [4.78, 5) is 12.2. The number of hydrazone groups is 1. The third-order valence-electron chi connectivity index (χ3n) is 4.87. The predicted molar refractivity (Wildman–Crippen MR) is 119 cm³/mol. The normalized spacial score (nSPS) is 11.5. The van der Waals surface area contributed by atoms with Crippen molar-refractivity contribution in [3.8, 4) is 5.75 Å². The first-order valence-corrected chi connectivity index (χ1v) is 11.2. The SMILES string of the molecule is CCCCCCCCCCOc1ccc(C(=O)N/N=C(\C)CCCCC)cc1. The molecule has 0 aliphatic rings. The Kier molecular flexibility index (Phi) is 14.0. The molecule has 0 fully saturated rings. The summed E-state index contributed by atoms with van der Waals surface area (Å²) in [5.41, 5.74) is 4.20. The fourth-order valence-electron chi connectivity index (χ4n) is 3.03. The Balaban J connectivity index is 2.20.